The van der Waals surface area contributed by atoms with Gasteiger partial charge in [-0.25, -0.2) is 5.43 Å². The Hall–Kier alpha value is -2.48. The molecule has 2 amide bonds. The molecule has 0 saturated carbocycles. The van der Waals surface area contributed by atoms with Gasteiger partial charge >= 0.3 is 0 Å². The van der Waals surface area contributed by atoms with Gasteiger partial charge in [-0.15, -0.1) is 0 Å². The normalized spacial score (nSPS) is 11.8. The molecule has 0 fully saturated rings. The molecule has 8 nitrogen and oxygen atoms in total. The number of nitrogens with one attached hydrogen (secondary N) is 2. The van der Waals surface area contributed by atoms with E-state index in [9.17, 15) is 19.7 Å². The Kier molecular flexibility index (Phi) is 6.42. The maximum Gasteiger partial charge on any atom is 0.287 e. The Morgan fingerprint density at radius 2 is 1.96 bits per heavy atom. The maximum absolute atomic E-state index is 11.9. The highest BCUT2D eigenvalue weighted by atomic mass is 35.5. The number of nitro groups is 1. The molecule has 9 heteroatoms. The number of nitrogens with zero attached hydrogens (tertiary/aromatic N) is 2. The van der Waals surface area contributed by atoms with E-state index in [4.69, 9.17) is 11.6 Å². The van der Waals surface area contributed by atoms with E-state index < -0.39 is 10.8 Å². The van der Waals surface area contributed by atoms with Gasteiger partial charge in [-0.3, -0.25) is 19.7 Å². The minimum atomic E-state index is -0.639. The van der Waals surface area contributed by atoms with Crippen LogP contribution in [0.1, 0.15) is 44.5 Å². The van der Waals surface area contributed by atoms with Crippen LogP contribution in [0.3, 0.4) is 0 Å². The zero-order valence-electron chi connectivity index (χ0n) is 13.8. The molecule has 0 spiro atoms. The van der Waals surface area contributed by atoms with Crippen molar-refractivity contribution in [3.8, 4) is 0 Å². The molecule has 0 aromatic heterocycles. The Morgan fingerprint density at radius 1 is 1.33 bits per heavy atom. The first-order chi connectivity index (χ1) is 11.0. The van der Waals surface area contributed by atoms with Crippen LogP contribution in [0, 0.1) is 10.1 Å². The fourth-order valence-corrected chi connectivity index (χ4v) is 1.99. The first-order valence-electron chi connectivity index (χ1n) is 7.08. The van der Waals surface area contributed by atoms with Crippen molar-refractivity contribution in [1.82, 2.24) is 10.7 Å². The second-order valence-electron chi connectivity index (χ2n) is 6.19. The fourth-order valence-electron chi connectivity index (χ4n) is 1.74. The molecule has 0 unspecified atom stereocenters. The van der Waals surface area contributed by atoms with Gasteiger partial charge in [-0.2, -0.15) is 5.10 Å². The number of benzene rings is 1. The van der Waals surface area contributed by atoms with Crippen LogP contribution in [0.4, 0.5) is 5.69 Å². The van der Waals surface area contributed by atoms with Gasteiger partial charge in [0.25, 0.3) is 11.6 Å². The topological polar surface area (TPSA) is 114 Å². The van der Waals surface area contributed by atoms with Gasteiger partial charge in [0.1, 0.15) is 5.02 Å². The van der Waals surface area contributed by atoms with Gasteiger partial charge < -0.3 is 5.32 Å². The molecule has 130 valence electrons. The van der Waals surface area contributed by atoms with Crippen molar-refractivity contribution in [3.05, 3.63) is 38.9 Å². The smallest absolute Gasteiger partial charge is 0.287 e. The second kappa shape index (κ2) is 7.87. The summed E-state index contributed by atoms with van der Waals surface area (Å²) in [6, 6.07) is 3.60. The number of carbonyl (C=O) groups excluding carboxylic acids is 2. The van der Waals surface area contributed by atoms with Crippen LogP contribution in [-0.4, -0.2) is 28.0 Å². The quantitative estimate of drug-likeness (QED) is 0.480. The van der Waals surface area contributed by atoms with Crippen molar-refractivity contribution in [1.29, 1.82) is 0 Å². The highest BCUT2D eigenvalue weighted by Crippen LogP contribution is 2.24. The number of hydrogen-bond donors (Lipinski definition) is 2. The van der Waals surface area contributed by atoms with Gasteiger partial charge in [-0.05, 0) is 39.8 Å². The maximum atomic E-state index is 11.9. The molecule has 0 radical (unpaired) electrons. The predicted molar refractivity (Wildman–Crippen MR) is 91.2 cm³/mol. The standard InChI is InChI=1S/C15H19ClN4O4/c1-9(7-13(21)17-15(2,3)4)18-19-14(22)10-5-6-12(20(23)24)11(16)8-10/h5-6,8H,7H2,1-4H3,(H,17,21)(H,19,22). The van der Waals surface area contributed by atoms with E-state index in [1.54, 1.807) is 6.92 Å². The molecule has 0 heterocycles. The molecule has 2 N–H and O–H groups in total. The van der Waals surface area contributed by atoms with E-state index in [1.165, 1.54) is 12.1 Å². The number of carbonyl (C=O) groups is 2. The zero-order valence-corrected chi connectivity index (χ0v) is 14.6. The molecule has 0 aliphatic rings. The highest BCUT2D eigenvalue weighted by molar-refractivity contribution is 6.33. The third kappa shape index (κ3) is 6.33. The van der Waals surface area contributed by atoms with Crippen LogP contribution < -0.4 is 10.7 Å². The average molecular weight is 355 g/mol. The van der Waals surface area contributed by atoms with Crippen LogP contribution in [0.15, 0.2) is 23.3 Å². The molecular formula is C15H19ClN4O4. The number of nitro benzene ring substituents is 1. The van der Waals surface area contributed by atoms with Gasteiger partial charge in [-0.1, -0.05) is 11.6 Å². The lowest BCUT2D eigenvalue weighted by Gasteiger charge is -2.20. The minimum Gasteiger partial charge on any atom is -0.351 e. The van der Waals surface area contributed by atoms with Gasteiger partial charge in [0.05, 0.1) is 11.3 Å². The number of halogens is 1. The molecule has 0 aliphatic carbocycles. The van der Waals surface area contributed by atoms with E-state index in [0.29, 0.717) is 5.71 Å². The van der Waals surface area contributed by atoms with Crippen LogP contribution >= 0.6 is 11.6 Å². The average Bonchev–Trinajstić information content (AvgIpc) is 2.41. The lowest BCUT2D eigenvalue weighted by Crippen LogP contribution is -2.41. The lowest BCUT2D eigenvalue weighted by atomic mass is 10.1. The van der Waals surface area contributed by atoms with E-state index in [2.05, 4.69) is 15.8 Å². The van der Waals surface area contributed by atoms with E-state index >= 15 is 0 Å². The van der Waals surface area contributed by atoms with E-state index in [0.717, 1.165) is 6.07 Å². The zero-order chi connectivity index (χ0) is 18.5. The lowest BCUT2D eigenvalue weighted by molar-refractivity contribution is -0.384. The van der Waals surface area contributed by atoms with Crippen LogP contribution in [0.5, 0.6) is 0 Å². The molecular weight excluding hydrogens is 336 g/mol. The molecule has 1 aromatic carbocycles. The largest absolute Gasteiger partial charge is 0.351 e. The molecule has 0 bridgehead atoms. The molecule has 24 heavy (non-hydrogen) atoms. The van der Waals surface area contributed by atoms with E-state index in [-0.39, 0.29) is 34.1 Å². The van der Waals surface area contributed by atoms with Crippen LogP contribution in [-0.2, 0) is 4.79 Å². The van der Waals surface area contributed by atoms with Crippen LogP contribution in [0.25, 0.3) is 0 Å². The van der Waals surface area contributed by atoms with Crippen molar-refractivity contribution < 1.29 is 14.5 Å². The summed E-state index contributed by atoms with van der Waals surface area (Å²) in [6.07, 6.45) is 0.0402. The number of amides is 2. The third-order valence-electron chi connectivity index (χ3n) is 2.69. The van der Waals surface area contributed by atoms with Crippen LogP contribution in [0.2, 0.25) is 5.02 Å². The predicted octanol–water partition coefficient (Wildman–Crippen LogP) is 2.66. The summed E-state index contributed by atoms with van der Waals surface area (Å²) in [5.74, 6) is -0.793. The van der Waals surface area contributed by atoms with Crippen molar-refractivity contribution in [3.63, 3.8) is 0 Å². The van der Waals surface area contributed by atoms with Crippen molar-refractivity contribution in [2.24, 2.45) is 5.10 Å². The second-order valence-corrected chi connectivity index (χ2v) is 6.59. The molecule has 1 rings (SSSR count). The van der Waals surface area contributed by atoms with E-state index in [1.807, 2.05) is 20.8 Å². The number of hydrogen-bond acceptors (Lipinski definition) is 5. The summed E-state index contributed by atoms with van der Waals surface area (Å²) >= 11 is 5.75. The fraction of sp³-hybridized carbons (Fsp3) is 0.400. The first kappa shape index (κ1) is 19.6. The Labute approximate surface area is 144 Å². The van der Waals surface area contributed by atoms with Gasteiger partial charge in [0.15, 0.2) is 0 Å². The minimum absolute atomic E-state index is 0.0402. The van der Waals surface area contributed by atoms with Crippen molar-refractivity contribution in [2.75, 3.05) is 0 Å². The number of rotatable bonds is 5. The number of hydrazone groups is 1. The highest BCUT2D eigenvalue weighted by Gasteiger charge is 2.16. The first-order valence-corrected chi connectivity index (χ1v) is 7.46. The summed E-state index contributed by atoms with van der Waals surface area (Å²) in [7, 11) is 0. The summed E-state index contributed by atoms with van der Waals surface area (Å²) in [6.45, 7) is 7.18. The van der Waals surface area contributed by atoms with Crippen molar-refractivity contribution in [2.45, 2.75) is 39.7 Å². The summed E-state index contributed by atoms with van der Waals surface area (Å²) in [4.78, 5) is 33.7. The SMILES string of the molecule is CC(CC(=O)NC(C)(C)C)=NNC(=O)c1ccc([N+](=O)[O-])c(Cl)c1. The molecule has 0 saturated heterocycles. The third-order valence-corrected chi connectivity index (χ3v) is 2.99. The Bertz CT molecular complexity index is 695. The summed E-state index contributed by atoms with van der Waals surface area (Å²) < 4.78 is 0. The monoisotopic (exact) mass is 354 g/mol. The summed E-state index contributed by atoms with van der Waals surface area (Å²) in [5.41, 5.74) is 2.19. The molecule has 0 atom stereocenters. The van der Waals surface area contributed by atoms with Crippen molar-refractivity contribution >= 4 is 34.8 Å². The molecule has 1 aromatic rings. The van der Waals surface area contributed by atoms with Gasteiger partial charge in [0.2, 0.25) is 5.91 Å². The summed E-state index contributed by atoms with van der Waals surface area (Å²) in [5, 5.41) is 17.2. The Balaban J connectivity index is 2.69. The Morgan fingerprint density at radius 3 is 2.46 bits per heavy atom. The molecule has 0 aliphatic heterocycles. The van der Waals surface area contributed by atoms with Gasteiger partial charge in [0, 0.05) is 22.9 Å².